The second-order valence-electron chi connectivity index (χ2n) is 5.86. The molecule has 2 aromatic rings. The Hall–Kier alpha value is -2.97. The van der Waals surface area contributed by atoms with Gasteiger partial charge in [-0.1, -0.05) is 18.2 Å². The first-order valence-electron chi connectivity index (χ1n) is 8.35. The van der Waals surface area contributed by atoms with E-state index in [4.69, 9.17) is 9.47 Å². The molecule has 0 bridgehead atoms. The quantitative estimate of drug-likeness (QED) is 0.856. The Balaban J connectivity index is 1.53. The van der Waals surface area contributed by atoms with Crippen molar-refractivity contribution >= 4 is 11.7 Å². The molecule has 1 aromatic carbocycles. The number of nitrogens with one attached hydrogen (secondary N) is 1. The number of aromatic nitrogens is 1. The van der Waals surface area contributed by atoms with E-state index < -0.39 is 18.0 Å². The Morgan fingerprint density at radius 1 is 1.22 bits per heavy atom. The predicted molar refractivity (Wildman–Crippen MR) is 91.9 cm³/mol. The lowest BCUT2D eigenvalue weighted by atomic mass is 10.2. The Morgan fingerprint density at radius 2 is 1.96 bits per heavy atom. The highest BCUT2D eigenvalue weighted by Crippen LogP contribution is 2.29. The number of benzene rings is 1. The van der Waals surface area contributed by atoms with Crippen LogP contribution in [0.5, 0.6) is 11.6 Å². The topological polar surface area (TPSA) is 63.7 Å². The molecule has 2 heterocycles. The average molecular weight is 381 g/mol. The molecule has 1 aromatic heterocycles. The fourth-order valence-electron chi connectivity index (χ4n) is 2.53. The van der Waals surface area contributed by atoms with Gasteiger partial charge in [-0.05, 0) is 25.1 Å². The molecule has 1 N–H and O–H groups in total. The Labute approximate surface area is 153 Å². The van der Waals surface area contributed by atoms with Gasteiger partial charge in [0, 0.05) is 6.07 Å². The van der Waals surface area contributed by atoms with E-state index in [1.807, 2.05) is 6.92 Å². The van der Waals surface area contributed by atoms with Gasteiger partial charge in [0.25, 0.3) is 0 Å². The van der Waals surface area contributed by atoms with Crippen LogP contribution < -0.4 is 14.8 Å². The number of likely N-dealkylation sites (tertiary alicyclic amines) is 1. The Bertz CT molecular complexity index is 808. The van der Waals surface area contributed by atoms with Gasteiger partial charge in [-0.2, -0.15) is 13.2 Å². The summed E-state index contributed by atoms with van der Waals surface area (Å²) in [4.78, 5) is 17.2. The van der Waals surface area contributed by atoms with Crippen molar-refractivity contribution in [3.63, 3.8) is 0 Å². The van der Waals surface area contributed by atoms with Crippen LogP contribution in [0.4, 0.5) is 23.7 Å². The highest BCUT2D eigenvalue weighted by molar-refractivity contribution is 5.91. The maximum absolute atomic E-state index is 12.7. The molecule has 1 aliphatic rings. The summed E-state index contributed by atoms with van der Waals surface area (Å²) in [5.74, 6) is 0.450. The molecule has 0 spiro atoms. The van der Waals surface area contributed by atoms with Gasteiger partial charge < -0.3 is 19.7 Å². The maximum Gasteiger partial charge on any atom is 0.433 e. The van der Waals surface area contributed by atoms with E-state index in [1.54, 1.807) is 24.3 Å². The summed E-state index contributed by atoms with van der Waals surface area (Å²) in [6.07, 6.45) is -4.94. The molecule has 144 valence electrons. The summed E-state index contributed by atoms with van der Waals surface area (Å²) in [5.41, 5.74) is -0.463. The smallest absolute Gasteiger partial charge is 0.433 e. The Kier molecular flexibility index (Phi) is 5.38. The number of carbonyl (C=O) groups is 1. The molecular formula is C18H18F3N3O3. The highest BCUT2D eigenvalue weighted by Gasteiger charge is 2.35. The van der Waals surface area contributed by atoms with Crippen LogP contribution in [0.25, 0.3) is 0 Å². The van der Waals surface area contributed by atoms with E-state index in [9.17, 15) is 18.0 Å². The number of amides is 2. The number of hydrogen-bond donors (Lipinski definition) is 1. The van der Waals surface area contributed by atoms with Crippen molar-refractivity contribution in [2.24, 2.45) is 0 Å². The van der Waals surface area contributed by atoms with Gasteiger partial charge in [-0.3, -0.25) is 0 Å². The second-order valence-corrected chi connectivity index (χ2v) is 5.86. The number of pyridine rings is 1. The number of alkyl halides is 3. The van der Waals surface area contributed by atoms with Crippen molar-refractivity contribution in [2.45, 2.75) is 19.2 Å². The molecular weight excluding hydrogens is 363 g/mol. The van der Waals surface area contributed by atoms with Crippen LogP contribution >= 0.6 is 0 Å². The molecule has 1 fully saturated rings. The van der Waals surface area contributed by atoms with Gasteiger partial charge in [0.05, 0.1) is 25.4 Å². The second kappa shape index (κ2) is 7.73. The fraction of sp³-hybridized carbons (Fsp3) is 0.333. The predicted octanol–water partition coefficient (Wildman–Crippen LogP) is 3.79. The van der Waals surface area contributed by atoms with Gasteiger partial charge >= 0.3 is 12.2 Å². The lowest BCUT2D eigenvalue weighted by molar-refractivity contribution is -0.141. The van der Waals surface area contributed by atoms with E-state index in [1.165, 1.54) is 17.0 Å². The lowest BCUT2D eigenvalue weighted by Crippen LogP contribution is -2.57. The average Bonchev–Trinajstić information content (AvgIpc) is 2.59. The number of nitrogens with zero attached hydrogens (tertiary/aromatic N) is 2. The molecule has 0 atom stereocenters. The number of anilines is 1. The van der Waals surface area contributed by atoms with Crippen LogP contribution in [0.3, 0.4) is 0 Å². The van der Waals surface area contributed by atoms with Crippen LogP contribution in [-0.2, 0) is 6.18 Å². The summed E-state index contributed by atoms with van der Waals surface area (Å²) in [5, 5.41) is 2.75. The van der Waals surface area contributed by atoms with E-state index in [0.717, 1.165) is 6.07 Å². The largest absolute Gasteiger partial charge is 0.492 e. The fourth-order valence-corrected chi connectivity index (χ4v) is 2.53. The molecule has 3 rings (SSSR count). The monoisotopic (exact) mass is 381 g/mol. The SMILES string of the molecule is CCOc1ccccc1NC(=O)N1CC(Oc2cccc(C(F)(F)F)n2)C1. The van der Waals surface area contributed by atoms with Crippen LogP contribution in [0, 0.1) is 0 Å². The minimum atomic E-state index is -4.53. The summed E-state index contributed by atoms with van der Waals surface area (Å²) in [7, 11) is 0. The van der Waals surface area contributed by atoms with Crippen LogP contribution in [0.15, 0.2) is 42.5 Å². The lowest BCUT2D eigenvalue weighted by Gasteiger charge is -2.38. The summed E-state index contributed by atoms with van der Waals surface area (Å²) in [6, 6.07) is 10.2. The minimum absolute atomic E-state index is 0.114. The maximum atomic E-state index is 12.7. The van der Waals surface area contributed by atoms with Crippen molar-refractivity contribution in [1.82, 2.24) is 9.88 Å². The van der Waals surface area contributed by atoms with Crippen molar-refractivity contribution in [3.05, 3.63) is 48.2 Å². The molecule has 0 saturated carbocycles. The van der Waals surface area contributed by atoms with Crippen LogP contribution in [-0.4, -0.2) is 41.7 Å². The number of rotatable bonds is 5. The van der Waals surface area contributed by atoms with Crippen molar-refractivity contribution < 1.29 is 27.4 Å². The number of hydrogen-bond acceptors (Lipinski definition) is 4. The van der Waals surface area contributed by atoms with Gasteiger partial charge in [0.1, 0.15) is 17.5 Å². The summed E-state index contributed by atoms with van der Waals surface area (Å²) >= 11 is 0. The Morgan fingerprint density at radius 3 is 2.67 bits per heavy atom. The van der Waals surface area contributed by atoms with Crippen molar-refractivity contribution in [2.75, 3.05) is 25.0 Å². The van der Waals surface area contributed by atoms with Gasteiger partial charge in [-0.25, -0.2) is 9.78 Å². The van der Waals surface area contributed by atoms with E-state index in [-0.39, 0.29) is 25.0 Å². The third-order valence-corrected chi connectivity index (χ3v) is 3.87. The highest BCUT2D eigenvalue weighted by atomic mass is 19.4. The first kappa shape index (κ1) is 18.8. The normalized spacial score (nSPS) is 14.4. The third-order valence-electron chi connectivity index (χ3n) is 3.87. The molecule has 0 radical (unpaired) electrons. The first-order valence-corrected chi connectivity index (χ1v) is 8.35. The number of para-hydroxylation sites is 2. The van der Waals surface area contributed by atoms with Crippen molar-refractivity contribution in [1.29, 1.82) is 0 Å². The molecule has 1 saturated heterocycles. The molecule has 9 heteroatoms. The molecule has 0 unspecified atom stereocenters. The first-order chi connectivity index (χ1) is 12.9. The zero-order valence-electron chi connectivity index (χ0n) is 14.5. The van der Waals surface area contributed by atoms with E-state index >= 15 is 0 Å². The number of halogens is 3. The zero-order chi connectivity index (χ0) is 19.4. The van der Waals surface area contributed by atoms with Crippen molar-refractivity contribution in [3.8, 4) is 11.6 Å². The van der Waals surface area contributed by atoms with Crippen LogP contribution in [0.1, 0.15) is 12.6 Å². The van der Waals surface area contributed by atoms with E-state index in [0.29, 0.717) is 18.0 Å². The molecule has 6 nitrogen and oxygen atoms in total. The van der Waals surface area contributed by atoms with Gasteiger partial charge in [0.15, 0.2) is 0 Å². The minimum Gasteiger partial charge on any atom is -0.492 e. The summed E-state index contributed by atoms with van der Waals surface area (Å²) < 4.78 is 48.9. The molecule has 27 heavy (non-hydrogen) atoms. The molecule has 1 aliphatic heterocycles. The third kappa shape index (κ3) is 4.60. The summed E-state index contributed by atoms with van der Waals surface area (Å²) in [6.45, 7) is 2.81. The molecule has 0 aliphatic carbocycles. The zero-order valence-corrected chi connectivity index (χ0v) is 14.5. The van der Waals surface area contributed by atoms with Gasteiger partial charge in [0.2, 0.25) is 5.88 Å². The standard InChI is InChI=1S/C18H18F3N3O3/c1-2-26-14-7-4-3-6-13(14)22-17(25)24-10-12(11-24)27-16-9-5-8-15(23-16)18(19,20)21/h3-9,12H,2,10-11H2,1H3,(H,22,25). The van der Waals surface area contributed by atoms with Crippen LogP contribution in [0.2, 0.25) is 0 Å². The number of urea groups is 1. The molecule has 2 amide bonds. The van der Waals surface area contributed by atoms with Gasteiger partial charge in [-0.15, -0.1) is 0 Å². The number of ether oxygens (including phenoxy) is 2. The number of carbonyl (C=O) groups excluding carboxylic acids is 1. The van der Waals surface area contributed by atoms with E-state index in [2.05, 4.69) is 10.3 Å².